The molecule has 1 unspecified atom stereocenters. The Bertz CT molecular complexity index is 82.4. The molecule has 2 N–H and O–H groups in total. The van der Waals surface area contributed by atoms with Gasteiger partial charge < -0.3 is 5.73 Å². The van der Waals surface area contributed by atoms with Crippen LogP contribution in [0, 0.1) is 0 Å². The molecule has 0 radical (unpaired) electrons. The second kappa shape index (κ2) is 3.03. The molecule has 0 rings (SSSR count). The lowest BCUT2D eigenvalue weighted by Crippen LogP contribution is -2.30. The van der Waals surface area contributed by atoms with Gasteiger partial charge in [0.25, 0.3) is 0 Å². The van der Waals surface area contributed by atoms with Crippen LogP contribution in [0.25, 0.3) is 0 Å². The van der Waals surface area contributed by atoms with Crippen molar-refractivity contribution < 1.29 is 17.9 Å². The van der Waals surface area contributed by atoms with Crippen LogP contribution in [0.15, 0.2) is 0 Å². The molecule has 0 fully saturated rings. The summed E-state index contributed by atoms with van der Waals surface area (Å²) in [5.74, 6) is 0. The van der Waals surface area contributed by atoms with Gasteiger partial charge in [0.15, 0.2) is 0 Å². The van der Waals surface area contributed by atoms with Crippen molar-refractivity contribution in [1.29, 1.82) is 0 Å². The van der Waals surface area contributed by atoms with Gasteiger partial charge in [0.05, 0.1) is 0 Å². The summed E-state index contributed by atoms with van der Waals surface area (Å²) in [6, 6.07) is 0. The highest BCUT2D eigenvalue weighted by atomic mass is 19.4. The molecule has 5 heteroatoms. The van der Waals surface area contributed by atoms with E-state index in [9.17, 15) is 13.2 Å². The first-order chi connectivity index (χ1) is 3.95. The maximum atomic E-state index is 11.2. The Morgan fingerprint density at radius 3 is 2.11 bits per heavy atom. The number of alkyl halides is 3. The van der Waals surface area contributed by atoms with Gasteiger partial charge in [0, 0.05) is 0 Å². The lowest BCUT2D eigenvalue weighted by atomic mass is 10.4. The van der Waals surface area contributed by atoms with Crippen LogP contribution in [0.1, 0.15) is 13.3 Å². The summed E-state index contributed by atoms with van der Waals surface area (Å²) in [7, 11) is 0. The summed E-state index contributed by atoms with van der Waals surface area (Å²) >= 11 is 0. The molecule has 0 saturated heterocycles. The van der Waals surface area contributed by atoms with Crippen molar-refractivity contribution in [2.24, 2.45) is 5.73 Å². The molecule has 0 aromatic rings. The molecule has 0 aromatic heterocycles. The second-order valence-corrected chi connectivity index (χ2v) is 1.51. The van der Waals surface area contributed by atoms with Gasteiger partial charge >= 0.3 is 6.36 Å². The van der Waals surface area contributed by atoms with Crippen LogP contribution in [-0.4, -0.2) is 12.6 Å². The normalized spacial score (nSPS) is 15.7. The molecular formula is C4H8F3NO. The molecule has 0 heterocycles. The first-order valence-electron chi connectivity index (χ1n) is 2.46. The van der Waals surface area contributed by atoms with Gasteiger partial charge in [0.1, 0.15) is 6.23 Å². The lowest BCUT2D eigenvalue weighted by molar-refractivity contribution is -0.342. The van der Waals surface area contributed by atoms with Crippen molar-refractivity contribution in [3.63, 3.8) is 0 Å². The summed E-state index contributed by atoms with van der Waals surface area (Å²) in [6.45, 7) is 1.51. The van der Waals surface area contributed by atoms with Crippen LogP contribution in [0.3, 0.4) is 0 Å². The predicted octanol–water partition coefficient (Wildman–Crippen LogP) is 1.22. The highest BCUT2D eigenvalue weighted by Crippen LogP contribution is 2.17. The second-order valence-electron chi connectivity index (χ2n) is 1.51. The molecule has 0 aromatic carbocycles. The molecule has 0 aliphatic rings. The first-order valence-corrected chi connectivity index (χ1v) is 2.46. The van der Waals surface area contributed by atoms with Gasteiger partial charge in [-0.15, -0.1) is 13.2 Å². The maximum absolute atomic E-state index is 11.2. The van der Waals surface area contributed by atoms with E-state index in [1.54, 1.807) is 0 Å². The van der Waals surface area contributed by atoms with Gasteiger partial charge in [-0.1, -0.05) is 6.92 Å². The minimum atomic E-state index is -4.60. The van der Waals surface area contributed by atoms with E-state index in [1.165, 1.54) is 6.92 Å². The van der Waals surface area contributed by atoms with Gasteiger partial charge in [-0.05, 0) is 6.42 Å². The minimum absolute atomic E-state index is 0.152. The van der Waals surface area contributed by atoms with Crippen LogP contribution in [0.4, 0.5) is 13.2 Å². The highest BCUT2D eigenvalue weighted by molar-refractivity contribution is 4.42. The molecule has 0 spiro atoms. The lowest BCUT2D eigenvalue weighted by Gasteiger charge is -2.11. The van der Waals surface area contributed by atoms with Crippen molar-refractivity contribution in [1.82, 2.24) is 0 Å². The van der Waals surface area contributed by atoms with Crippen LogP contribution >= 0.6 is 0 Å². The Kier molecular flexibility index (Phi) is 2.93. The Balaban J connectivity index is 3.47. The molecule has 0 aliphatic heterocycles. The largest absolute Gasteiger partial charge is 0.524 e. The fourth-order valence-corrected chi connectivity index (χ4v) is 0.255. The molecule has 1 atom stereocenters. The third-order valence-electron chi connectivity index (χ3n) is 0.687. The third kappa shape index (κ3) is 5.58. The maximum Gasteiger partial charge on any atom is 0.524 e. The van der Waals surface area contributed by atoms with E-state index >= 15 is 0 Å². The number of hydrogen-bond acceptors (Lipinski definition) is 2. The Morgan fingerprint density at radius 1 is 1.56 bits per heavy atom. The average molecular weight is 143 g/mol. The summed E-state index contributed by atoms with van der Waals surface area (Å²) < 4.78 is 36.9. The third-order valence-corrected chi connectivity index (χ3v) is 0.687. The summed E-state index contributed by atoms with van der Waals surface area (Å²) in [6.07, 6.45) is -5.68. The molecule has 56 valence electrons. The van der Waals surface area contributed by atoms with E-state index in [1.807, 2.05) is 0 Å². The van der Waals surface area contributed by atoms with Gasteiger partial charge in [-0.2, -0.15) is 0 Å². The Hall–Kier alpha value is -0.290. The zero-order valence-electron chi connectivity index (χ0n) is 4.90. The zero-order valence-corrected chi connectivity index (χ0v) is 4.90. The smallest absolute Gasteiger partial charge is 0.306 e. The molecule has 0 aliphatic carbocycles. The fourth-order valence-electron chi connectivity index (χ4n) is 0.255. The van der Waals surface area contributed by atoms with Crippen molar-refractivity contribution in [3.8, 4) is 0 Å². The monoisotopic (exact) mass is 143 g/mol. The van der Waals surface area contributed by atoms with Gasteiger partial charge in [-0.3, -0.25) is 4.74 Å². The molecule has 0 saturated carbocycles. The number of rotatable bonds is 2. The quantitative estimate of drug-likeness (QED) is 0.590. The molecular weight excluding hydrogens is 135 g/mol. The predicted molar refractivity (Wildman–Crippen MR) is 25.4 cm³/mol. The van der Waals surface area contributed by atoms with Crippen LogP contribution in [0.2, 0.25) is 0 Å². The first kappa shape index (κ1) is 8.71. The van der Waals surface area contributed by atoms with E-state index < -0.39 is 12.6 Å². The SMILES string of the molecule is CCC(N)OC(F)(F)F. The van der Waals surface area contributed by atoms with E-state index in [0.717, 1.165) is 0 Å². The van der Waals surface area contributed by atoms with Crippen molar-refractivity contribution in [3.05, 3.63) is 0 Å². The van der Waals surface area contributed by atoms with Crippen LogP contribution in [0.5, 0.6) is 0 Å². The summed E-state index contributed by atoms with van der Waals surface area (Å²) in [5.41, 5.74) is 4.82. The number of hydrogen-bond donors (Lipinski definition) is 1. The molecule has 9 heavy (non-hydrogen) atoms. The number of halogens is 3. The summed E-state index contributed by atoms with van der Waals surface area (Å²) in [4.78, 5) is 0. The highest BCUT2D eigenvalue weighted by Gasteiger charge is 2.31. The minimum Gasteiger partial charge on any atom is -0.306 e. The summed E-state index contributed by atoms with van der Waals surface area (Å²) in [5, 5.41) is 0. The van der Waals surface area contributed by atoms with Gasteiger partial charge in [-0.25, -0.2) is 0 Å². The van der Waals surface area contributed by atoms with E-state index in [2.05, 4.69) is 4.74 Å². The van der Waals surface area contributed by atoms with Crippen LogP contribution in [-0.2, 0) is 4.74 Å². The topological polar surface area (TPSA) is 35.2 Å². The van der Waals surface area contributed by atoms with E-state index in [-0.39, 0.29) is 6.42 Å². The molecule has 2 nitrogen and oxygen atoms in total. The number of ether oxygens (including phenoxy) is 1. The zero-order chi connectivity index (χ0) is 7.49. The van der Waals surface area contributed by atoms with Crippen molar-refractivity contribution >= 4 is 0 Å². The van der Waals surface area contributed by atoms with Crippen molar-refractivity contribution in [2.45, 2.75) is 25.9 Å². The number of nitrogens with two attached hydrogens (primary N) is 1. The van der Waals surface area contributed by atoms with Crippen molar-refractivity contribution in [2.75, 3.05) is 0 Å². The Morgan fingerprint density at radius 2 is 2.00 bits per heavy atom. The Labute approximate surface area is 50.8 Å². The van der Waals surface area contributed by atoms with Gasteiger partial charge in [0.2, 0.25) is 0 Å². The standard InChI is InChI=1S/C4H8F3NO/c1-2-3(8)9-4(5,6)7/h3H,2,8H2,1H3. The fraction of sp³-hybridized carbons (Fsp3) is 1.00. The molecule has 0 amide bonds. The van der Waals surface area contributed by atoms with Crippen LogP contribution < -0.4 is 5.73 Å². The molecule has 0 bridgehead atoms. The van der Waals surface area contributed by atoms with E-state index in [4.69, 9.17) is 5.73 Å². The van der Waals surface area contributed by atoms with E-state index in [0.29, 0.717) is 0 Å². The average Bonchev–Trinajstić information content (AvgIpc) is 1.62.